The maximum absolute atomic E-state index is 11.7. The van der Waals surface area contributed by atoms with Crippen molar-refractivity contribution in [1.29, 1.82) is 0 Å². The summed E-state index contributed by atoms with van der Waals surface area (Å²) >= 11 is 3.33. The van der Waals surface area contributed by atoms with Crippen molar-refractivity contribution < 1.29 is 4.79 Å². The van der Waals surface area contributed by atoms with E-state index in [0.717, 1.165) is 4.60 Å². The molecule has 6 heteroatoms. The number of carbonyl (C=O) groups is 1. The lowest BCUT2D eigenvalue weighted by Crippen LogP contribution is -2.20. The molecule has 5 nitrogen and oxygen atoms in total. The molecule has 0 radical (unpaired) electrons. The Morgan fingerprint density at radius 2 is 2.40 bits per heavy atom. The molecule has 2 aromatic rings. The number of hydrogen-bond acceptors (Lipinski definition) is 4. The molecule has 78 valence electrons. The lowest BCUT2D eigenvalue weighted by Gasteiger charge is -2.01. The molecule has 0 aromatic carbocycles. The van der Waals surface area contributed by atoms with Gasteiger partial charge in [-0.1, -0.05) is 0 Å². The molecule has 0 saturated carbocycles. The van der Waals surface area contributed by atoms with Crippen molar-refractivity contribution in [2.45, 2.75) is 0 Å². The number of rotatable bonds is 3. The maximum Gasteiger partial charge on any atom is 0.198 e. The SMILES string of the molecule is CNCC(=O)c1nccn2c(Br)cnc12. The van der Waals surface area contributed by atoms with Gasteiger partial charge in [0.1, 0.15) is 4.60 Å². The van der Waals surface area contributed by atoms with E-state index >= 15 is 0 Å². The number of carbonyl (C=O) groups excluding carboxylic acids is 1. The second-order valence-corrected chi connectivity index (χ2v) is 3.82. The van der Waals surface area contributed by atoms with E-state index in [2.05, 4.69) is 31.2 Å². The van der Waals surface area contributed by atoms with Gasteiger partial charge in [0.25, 0.3) is 0 Å². The van der Waals surface area contributed by atoms with Gasteiger partial charge in [-0.05, 0) is 23.0 Å². The highest BCUT2D eigenvalue weighted by atomic mass is 79.9. The molecule has 0 aliphatic rings. The molecule has 0 aliphatic heterocycles. The standard InChI is InChI=1S/C9H9BrN4O/c1-11-4-6(15)8-9-13-5-7(10)14(9)3-2-12-8/h2-3,5,11H,4H2,1H3. The summed E-state index contributed by atoms with van der Waals surface area (Å²) in [5.41, 5.74) is 0.960. The molecule has 0 amide bonds. The minimum Gasteiger partial charge on any atom is -0.313 e. The van der Waals surface area contributed by atoms with E-state index in [9.17, 15) is 4.79 Å². The minimum atomic E-state index is -0.0683. The number of Topliss-reactive ketones (excluding diaryl/α,β-unsaturated/α-hetero) is 1. The van der Waals surface area contributed by atoms with E-state index in [1.54, 1.807) is 30.0 Å². The largest absolute Gasteiger partial charge is 0.313 e. The van der Waals surface area contributed by atoms with E-state index in [4.69, 9.17) is 0 Å². The predicted octanol–water partition coefficient (Wildman–Crippen LogP) is 0.894. The third kappa shape index (κ3) is 1.78. The van der Waals surface area contributed by atoms with E-state index < -0.39 is 0 Å². The fraction of sp³-hybridized carbons (Fsp3) is 0.222. The Hall–Kier alpha value is -1.27. The zero-order valence-corrected chi connectivity index (χ0v) is 9.65. The molecule has 0 spiro atoms. The van der Waals surface area contributed by atoms with Gasteiger partial charge in [0, 0.05) is 12.4 Å². The van der Waals surface area contributed by atoms with Crippen molar-refractivity contribution >= 4 is 27.4 Å². The number of hydrogen-bond donors (Lipinski definition) is 1. The topological polar surface area (TPSA) is 59.3 Å². The van der Waals surface area contributed by atoms with Crippen LogP contribution in [0, 0.1) is 0 Å². The molecule has 0 bridgehead atoms. The fourth-order valence-corrected chi connectivity index (χ4v) is 1.72. The van der Waals surface area contributed by atoms with Crippen LogP contribution in [0.2, 0.25) is 0 Å². The van der Waals surface area contributed by atoms with Crippen LogP contribution in [0.5, 0.6) is 0 Å². The smallest absolute Gasteiger partial charge is 0.198 e. The molecule has 0 saturated heterocycles. The monoisotopic (exact) mass is 268 g/mol. The summed E-state index contributed by atoms with van der Waals surface area (Å²) in [6, 6.07) is 0. The number of likely N-dealkylation sites (N-methyl/N-ethyl adjacent to an activating group) is 1. The molecular formula is C9H9BrN4O. The number of halogens is 1. The third-order valence-corrected chi connectivity index (χ3v) is 2.57. The summed E-state index contributed by atoms with van der Waals surface area (Å²) in [5, 5.41) is 2.80. The maximum atomic E-state index is 11.7. The number of aromatic nitrogens is 3. The molecule has 0 aliphatic carbocycles. The van der Waals surface area contributed by atoms with Gasteiger partial charge in [0.2, 0.25) is 0 Å². The lowest BCUT2D eigenvalue weighted by atomic mass is 10.3. The molecule has 0 fully saturated rings. The Bertz CT molecular complexity index is 508. The number of nitrogens with one attached hydrogen (secondary N) is 1. The summed E-state index contributed by atoms with van der Waals surface area (Å²) in [6.07, 6.45) is 4.98. The van der Waals surface area contributed by atoms with Crippen LogP contribution in [0.3, 0.4) is 0 Å². The molecule has 0 unspecified atom stereocenters. The van der Waals surface area contributed by atoms with Gasteiger partial charge in [0.15, 0.2) is 17.1 Å². The Morgan fingerprint density at radius 3 is 3.13 bits per heavy atom. The summed E-state index contributed by atoms with van der Waals surface area (Å²) < 4.78 is 2.58. The lowest BCUT2D eigenvalue weighted by molar-refractivity contribution is 0.0990. The van der Waals surface area contributed by atoms with Gasteiger partial charge in [-0.25, -0.2) is 9.97 Å². The Morgan fingerprint density at radius 1 is 1.60 bits per heavy atom. The second-order valence-electron chi connectivity index (χ2n) is 3.00. The van der Waals surface area contributed by atoms with Gasteiger partial charge >= 0.3 is 0 Å². The van der Waals surface area contributed by atoms with Crippen LogP contribution in [0.25, 0.3) is 5.65 Å². The summed E-state index contributed by atoms with van der Waals surface area (Å²) in [4.78, 5) is 19.8. The third-order valence-electron chi connectivity index (χ3n) is 1.98. The summed E-state index contributed by atoms with van der Waals surface area (Å²) in [7, 11) is 1.72. The van der Waals surface area contributed by atoms with Crippen LogP contribution in [0.1, 0.15) is 10.5 Å². The zero-order chi connectivity index (χ0) is 10.8. The minimum absolute atomic E-state index is 0.0683. The first kappa shape index (κ1) is 10.3. The number of ketones is 1. The number of fused-ring (bicyclic) bond motifs is 1. The van der Waals surface area contributed by atoms with Crippen LogP contribution in [0.4, 0.5) is 0 Å². The molecule has 2 rings (SSSR count). The first-order valence-corrected chi connectivity index (χ1v) is 5.18. The van der Waals surface area contributed by atoms with Gasteiger partial charge in [-0.2, -0.15) is 0 Å². The highest BCUT2D eigenvalue weighted by Crippen LogP contribution is 2.14. The van der Waals surface area contributed by atoms with Crippen molar-refractivity contribution in [2.24, 2.45) is 0 Å². The van der Waals surface area contributed by atoms with Crippen molar-refractivity contribution in [2.75, 3.05) is 13.6 Å². The van der Waals surface area contributed by atoms with Crippen LogP contribution < -0.4 is 5.32 Å². The van der Waals surface area contributed by atoms with Crippen molar-refractivity contribution in [3.8, 4) is 0 Å². The molecule has 0 atom stereocenters. The van der Waals surface area contributed by atoms with E-state index in [-0.39, 0.29) is 12.3 Å². The van der Waals surface area contributed by atoms with Gasteiger partial charge in [0.05, 0.1) is 12.7 Å². The molecular weight excluding hydrogens is 260 g/mol. The van der Waals surface area contributed by atoms with Crippen LogP contribution in [0.15, 0.2) is 23.2 Å². The Labute approximate surface area is 94.7 Å². The van der Waals surface area contributed by atoms with Crippen LogP contribution >= 0.6 is 15.9 Å². The molecule has 15 heavy (non-hydrogen) atoms. The first-order valence-electron chi connectivity index (χ1n) is 4.39. The van der Waals surface area contributed by atoms with E-state index in [0.29, 0.717) is 11.3 Å². The molecule has 2 heterocycles. The van der Waals surface area contributed by atoms with Crippen molar-refractivity contribution in [3.05, 3.63) is 28.9 Å². The Kier molecular flexibility index (Phi) is 2.79. The average molecular weight is 269 g/mol. The van der Waals surface area contributed by atoms with E-state index in [1.165, 1.54) is 0 Å². The number of nitrogens with zero attached hydrogens (tertiary/aromatic N) is 3. The normalized spacial score (nSPS) is 10.8. The van der Waals surface area contributed by atoms with E-state index in [1.807, 2.05) is 0 Å². The van der Waals surface area contributed by atoms with Gasteiger partial charge in [-0.15, -0.1) is 0 Å². The van der Waals surface area contributed by atoms with Crippen LogP contribution in [-0.4, -0.2) is 33.7 Å². The summed E-state index contributed by atoms with van der Waals surface area (Å²) in [6.45, 7) is 0.261. The quantitative estimate of drug-likeness (QED) is 0.841. The number of imidazole rings is 1. The highest BCUT2D eigenvalue weighted by Gasteiger charge is 2.13. The van der Waals surface area contributed by atoms with Gasteiger partial charge in [-0.3, -0.25) is 9.20 Å². The van der Waals surface area contributed by atoms with Crippen LogP contribution in [-0.2, 0) is 0 Å². The summed E-state index contributed by atoms with van der Waals surface area (Å²) in [5.74, 6) is -0.0683. The molecule has 2 aromatic heterocycles. The second kappa shape index (κ2) is 4.08. The highest BCUT2D eigenvalue weighted by molar-refractivity contribution is 9.10. The van der Waals surface area contributed by atoms with Gasteiger partial charge < -0.3 is 5.32 Å². The Balaban J connectivity index is 2.56. The van der Waals surface area contributed by atoms with Crippen molar-refractivity contribution in [1.82, 2.24) is 19.7 Å². The average Bonchev–Trinajstić information content (AvgIpc) is 2.61. The first-order chi connectivity index (χ1) is 7.24. The predicted molar refractivity (Wildman–Crippen MR) is 58.9 cm³/mol. The molecule has 1 N–H and O–H groups in total. The van der Waals surface area contributed by atoms with Crippen molar-refractivity contribution in [3.63, 3.8) is 0 Å². The zero-order valence-electron chi connectivity index (χ0n) is 8.07. The fourth-order valence-electron chi connectivity index (χ4n) is 1.33.